The van der Waals surface area contributed by atoms with Crippen molar-refractivity contribution in [2.45, 2.75) is 25.6 Å². The molecule has 112 valence electrons. The lowest BCUT2D eigenvalue weighted by Gasteiger charge is -2.36. The lowest BCUT2D eigenvalue weighted by atomic mass is 9.98. The summed E-state index contributed by atoms with van der Waals surface area (Å²) in [4.78, 5) is 2.95. The first-order valence-electron chi connectivity index (χ1n) is 6.19. The smallest absolute Gasteiger partial charge is 0.400 e. The van der Waals surface area contributed by atoms with Crippen LogP contribution in [0.4, 0.5) is 13.2 Å². The summed E-state index contributed by atoms with van der Waals surface area (Å²) < 4.78 is 38.9. The second-order valence-corrected chi connectivity index (χ2v) is 5.84. The van der Waals surface area contributed by atoms with Crippen molar-refractivity contribution in [1.29, 1.82) is 0 Å². The van der Waals surface area contributed by atoms with Crippen molar-refractivity contribution in [3.63, 3.8) is 0 Å². The Hall–Kier alpha value is -1.28. The molecule has 0 spiro atoms. The average Bonchev–Trinajstić information content (AvgIpc) is 2.85. The monoisotopic (exact) mass is 307 g/mol. The van der Waals surface area contributed by atoms with E-state index in [-0.39, 0.29) is 12.6 Å². The minimum Gasteiger partial charge on any atom is -0.409 e. The van der Waals surface area contributed by atoms with Crippen LogP contribution in [0.5, 0.6) is 0 Å². The summed E-state index contributed by atoms with van der Waals surface area (Å²) in [6.07, 6.45) is -3.79. The highest BCUT2D eigenvalue weighted by molar-refractivity contribution is 7.10. The first kappa shape index (κ1) is 15.1. The summed E-state index contributed by atoms with van der Waals surface area (Å²) in [6, 6.07) is 1.85. The van der Waals surface area contributed by atoms with Gasteiger partial charge in [0.05, 0.1) is 0 Å². The standard InChI is InChI=1S/C12H16F3N3OS/c1-7-8-3-5-20-10(8)2-4-18(7)6-9(11(16)17-19)12(13,14)15/h3,5,7,9,19H,2,4,6H2,1H3,(H2,16,17). The molecule has 0 amide bonds. The number of thiophene rings is 1. The molecule has 20 heavy (non-hydrogen) atoms. The van der Waals surface area contributed by atoms with Crippen LogP contribution in [0.2, 0.25) is 0 Å². The Labute approximate surface area is 118 Å². The number of nitrogens with two attached hydrogens (primary N) is 1. The van der Waals surface area contributed by atoms with Gasteiger partial charge in [-0.25, -0.2) is 0 Å². The molecule has 0 aromatic carbocycles. The van der Waals surface area contributed by atoms with Crippen molar-refractivity contribution in [3.05, 3.63) is 21.9 Å². The predicted molar refractivity (Wildman–Crippen MR) is 71.0 cm³/mol. The minimum absolute atomic E-state index is 0.0960. The largest absolute Gasteiger partial charge is 0.409 e. The van der Waals surface area contributed by atoms with Crippen LogP contribution in [0.3, 0.4) is 0 Å². The maximum absolute atomic E-state index is 13.0. The van der Waals surface area contributed by atoms with E-state index in [2.05, 4.69) is 5.16 Å². The molecule has 0 radical (unpaired) electrons. The number of alkyl halides is 3. The fraction of sp³-hybridized carbons (Fsp3) is 0.583. The van der Waals surface area contributed by atoms with Crippen LogP contribution in [0.25, 0.3) is 0 Å². The number of halogens is 3. The fourth-order valence-electron chi connectivity index (χ4n) is 2.48. The SMILES string of the molecule is CC1c2ccsc2CCN1CC(/C(N)=N/O)C(F)(F)F. The molecule has 0 saturated heterocycles. The van der Waals surface area contributed by atoms with Crippen LogP contribution in [-0.4, -0.2) is 35.2 Å². The molecule has 8 heteroatoms. The van der Waals surface area contributed by atoms with E-state index in [0.717, 1.165) is 12.0 Å². The topological polar surface area (TPSA) is 61.8 Å². The second-order valence-electron chi connectivity index (χ2n) is 4.84. The summed E-state index contributed by atoms with van der Waals surface area (Å²) in [6.45, 7) is 2.13. The van der Waals surface area contributed by atoms with Gasteiger partial charge in [0.15, 0.2) is 5.84 Å². The zero-order chi connectivity index (χ0) is 14.9. The Balaban J connectivity index is 2.17. The fourth-order valence-corrected chi connectivity index (χ4v) is 3.44. The van der Waals surface area contributed by atoms with Gasteiger partial charge in [0.25, 0.3) is 0 Å². The third kappa shape index (κ3) is 2.90. The zero-order valence-corrected chi connectivity index (χ0v) is 11.7. The quantitative estimate of drug-likeness (QED) is 0.390. The Kier molecular flexibility index (Phi) is 4.24. The summed E-state index contributed by atoms with van der Waals surface area (Å²) >= 11 is 1.63. The Morgan fingerprint density at radius 3 is 2.95 bits per heavy atom. The van der Waals surface area contributed by atoms with Gasteiger partial charge in [-0.3, -0.25) is 4.90 Å². The highest BCUT2D eigenvalue weighted by Gasteiger charge is 2.44. The van der Waals surface area contributed by atoms with Crippen molar-refractivity contribution >= 4 is 17.2 Å². The van der Waals surface area contributed by atoms with E-state index in [0.29, 0.717) is 6.54 Å². The normalized spacial score (nSPS) is 22.6. The molecule has 1 aliphatic rings. The molecule has 1 aromatic rings. The molecule has 1 aromatic heterocycles. The van der Waals surface area contributed by atoms with Gasteiger partial charge in [-0.1, -0.05) is 5.16 Å². The number of fused-ring (bicyclic) bond motifs is 1. The lowest BCUT2D eigenvalue weighted by Crippen LogP contribution is -2.46. The van der Waals surface area contributed by atoms with Gasteiger partial charge < -0.3 is 10.9 Å². The predicted octanol–water partition coefficient (Wildman–Crippen LogP) is 2.59. The second kappa shape index (κ2) is 5.61. The van der Waals surface area contributed by atoms with Crippen molar-refractivity contribution in [1.82, 2.24) is 4.90 Å². The Bertz CT molecular complexity index is 500. The van der Waals surface area contributed by atoms with Crippen LogP contribution in [0.1, 0.15) is 23.4 Å². The van der Waals surface area contributed by atoms with E-state index >= 15 is 0 Å². The summed E-state index contributed by atoms with van der Waals surface area (Å²) in [5.41, 5.74) is 6.27. The van der Waals surface area contributed by atoms with Crippen molar-refractivity contribution in [3.8, 4) is 0 Å². The average molecular weight is 307 g/mol. The van der Waals surface area contributed by atoms with Gasteiger partial charge in [0, 0.05) is 24.0 Å². The van der Waals surface area contributed by atoms with E-state index in [4.69, 9.17) is 10.9 Å². The summed E-state index contributed by atoms with van der Waals surface area (Å²) in [5.74, 6) is -2.74. The maximum atomic E-state index is 13.0. The van der Waals surface area contributed by atoms with E-state index in [1.54, 1.807) is 16.2 Å². The third-order valence-electron chi connectivity index (χ3n) is 3.69. The molecule has 0 fully saturated rings. The van der Waals surface area contributed by atoms with Crippen molar-refractivity contribution in [2.24, 2.45) is 16.8 Å². The van der Waals surface area contributed by atoms with Crippen LogP contribution in [-0.2, 0) is 6.42 Å². The Morgan fingerprint density at radius 2 is 2.35 bits per heavy atom. The van der Waals surface area contributed by atoms with Gasteiger partial charge in [-0.05, 0) is 30.4 Å². The molecular formula is C12H16F3N3OS. The summed E-state index contributed by atoms with van der Waals surface area (Å²) in [5, 5.41) is 13.0. The van der Waals surface area contributed by atoms with Crippen LogP contribution in [0, 0.1) is 5.92 Å². The number of nitrogens with zero attached hydrogens (tertiary/aromatic N) is 2. The van der Waals surface area contributed by atoms with Gasteiger partial charge in [0.1, 0.15) is 5.92 Å². The molecule has 4 nitrogen and oxygen atoms in total. The number of oxime groups is 1. The third-order valence-corrected chi connectivity index (χ3v) is 4.68. The molecule has 3 N–H and O–H groups in total. The van der Waals surface area contributed by atoms with Gasteiger partial charge >= 0.3 is 6.18 Å². The van der Waals surface area contributed by atoms with Crippen molar-refractivity contribution in [2.75, 3.05) is 13.1 Å². The van der Waals surface area contributed by atoms with E-state index in [9.17, 15) is 13.2 Å². The molecule has 2 unspecified atom stereocenters. The van der Waals surface area contributed by atoms with Gasteiger partial charge in [-0.2, -0.15) is 13.2 Å². The zero-order valence-electron chi connectivity index (χ0n) is 10.9. The first-order valence-corrected chi connectivity index (χ1v) is 7.07. The molecule has 2 atom stereocenters. The van der Waals surface area contributed by atoms with E-state index < -0.39 is 17.9 Å². The summed E-state index contributed by atoms with van der Waals surface area (Å²) in [7, 11) is 0. The highest BCUT2D eigenvalue weighted by atomic mass is 32.1. The minimum atomic E-state index is -4.52. The molecule has 1 aliphatic heterocycles. The maximum Gasteiger partial charge on any atom is 0.400 e. The van der Waals surface area contributed by atoms with Gasteiger partial charge in [0.2, 0.25) is 0 Å². The lowest BCUT2D eigenvalue weighted by molar-refractivity contribution is -0.161. The molecule has 0 bridgehead atoms. The number of hydrogen-bond acceptors (Lipinski definition) is 4. The number of amidine groups is 1. The molecule has 0 saturated carbocycles. The van der Waals surface area contributed by atoms with Crippen LogP contribution >= 0.6 is 11.3 Å². The number of rotatable bonds is 3. The molecule has 2 heterocycles. The van der Waals surface area contributed by atoms with Crippen LogP contribution in [0.15, 0.2) is 16.6 Å². The van der Waals surface area contributed by atoms with Crippen LogP contribution < -0.4 is 5.73 Å². The molecule has 0 aliphatic carbocycles. The van der Waals surface area contributed by atoms with E-state index in [1.807, 2.05) is 18.4 Å². The molecule has 2 rings (SSSR count). The highest BCUT2D eigenvalue weighted by Crippen LogP contribution is 2.35. The van der Waals surface area contributed by atoms with E-state index in [1.165, 1.54) is 4.88 Å². The Morgan fingerprint density at radius 1 is 1.65 bits per heavy atom. The van der Waals surface area contributed by atoms with Crippen molar-refractivity contribution < 1.29 is 18.4 Å². The first-order chi connectivity index (χ1) is 9.34. The molecular weight excluding hydrogens is 291 g/mol. The number of hydrogen-bond donors (Lipinski definition) is 2. The van der Waals surface area contributed by atoms with Gasteiger partial charge in [-0.15, -0.1) is 11.3 Å².